The number of fused-ring (bicyclic) bond motifs is 1. The van der Waals surface area contributed by atoms with Crippen molar-refractivity contribution < 1.29 is 24.5 Å². The quantitative estimate of drug-likeness (QED) is 0.247. The lowest BCUT2D eigenvalue weighted by molar-refractivity contribution is -0.143. The molecule has 0 spiro atoms. The molecule has 0 radical (unpaired) electrons. The summed E-state index contributed by atoms with van der Waals surface area (Å²) < 4.78 is 11.0. The molecule has 3 rings (SSSR count). The maximum absolute atomic E-state index is 11.4. The van der Waals surface area contributed by atoms with E-state index in [4.69, 9.17) is 21.1 Å². The van der Waals surface area contributed by atoms with E-state index in [1.807, 2.05) is 25.1 Å². The maximum atomic E-state index is 11.4. The van der Waals surface area contributed by atoms with Crippen LogP contribution in [0.2, 0.25) is 0 Å². The highest BCUT2D eigenvalue weighted by atomic mass is 35.5. The second-order valence-corrected chi connectivity index (χ2v) is 8.80. The van der Waals surface area contributed by atoms with Gasteiger partial charge in [0.25, 0.3) is 0 Å². The number of rotatable bonds is 10. The van der Waals surface area contributed by atoms with Gasteiger partial charge in [0, 0.05) is 23.3 Å². The number of carbonyl (C=O) groups excluding carboxylic acids is 1. The number of aliphatic hydroxyl groups is 2. The number of ether oxygens (including phenoxy) is 2. The molecular formula is C24H33ClO5. The molecule has 30 heavy (non-hydrogen) atoms. The van der Waals surface area contributed by atoms with Gasteiger partial charge in [-0.25, -0.2) is 0 Å². The summed E-state index contributed by atoms with van der Waals surface area (Å²) in [6.07, 6.45) is 8.23. The number of alkyl halides is 1. The van der Waals surface area contributed by atoms with E-state index in [2.05, 4.69) is 12.2 Å². The fraction of sp³-hybridized carbons (Fsp3) is 0.625. The molecule has 166 valence electrons. The van der Waals surface area contributed by atoms with Gasteiger partial charge in [-0.1, -0.05) is 24.3 Å². The molecule has 1 aromatic carbocycles. The van der Waals surface area contributed by atoms with E-state index in [9.17, 15) is 15.0 Å². The van der Waals surface area contributed by atoms with Gasteiger partial charge in [-0.05, 0) is 63.0 Å². The largest absolute Gasteiger partial charge is 0.493 e. The molecule has 5 nitrogen and oxygen atoms in total. The number of unbranched alkanes of at least 4 members (excludes halogenated alkanes) is 1. The molecule has 5 atom stereocenters. The van der Waals surface area contributed by atoms with Gasteiger partial charge in [0.1, 0.15) is 5.75 Å². The van der Waals surface area contributed by atoms with Gasteiger partial charge in [0.05, 0.1) is 25.4 Å². The van der Waals surface area contributed by atoms with Crippen molar-refractivity contribution in [3.8, 4) is 5.75 Å². The molecule has 0 aromatic heterocycles. The van der Waals surface area contributed by atoms with Crippen molar-refractivity contribution in [3.63, 3.8) is 0 Å². The van der Waals surface area contributed by atoms with E-state index < -0.39 is 12.2 Å². The topological polar surface area (TPSA) is 76.0 Å². The first-order valence-corrected chi connectivity index (χ1v) is 11.5. The Morgan fingerprint density at radius 1 is 1.27 bits per heavy atom. The van der Waals surface area contributed by atoms with E-state index in [1.54, 1.807) is 0 Å². The molecule has 0 amide bonds. The number of carbonyl (C=O) groups is 1. The number of benzene rings is 1. The molecule has 0 bridgehead atoms. The summed E-state index contributed by atoms with van der Waals surface area (Å²) in [4.78, 5) is 11.4. The minimum Gasteiger partial charge on any atom is -0.493 e. The lowest BCUT2D eigenvalue weighted by atomic mass is 9.92. The zero-order chi connectivity index (χ0) is 21.5. The van der Waals surface area contributed by atoms with Crippen LogP contribution in [0.3, 0.4) is 0 Å². The summed E-state index contributed by atoms with van der Waals surface area (Å²) in [5, 5.41) is 20.5. The molecule has 1 fully saturated rings. The Kier molecular flexibility index (Phi) is 8.61. The lowest BCUT2D eigenvalue weighted by Gasteiger charge is -2.23. The Balaban J connectivity index is 1.50. The van der Waals surface area contributed by atoms with Crippen molar-refractivity contribution >= 4 is 17.6 Å². The van der Waals surface area contributed by atoms with Crippen molar-refractivity contribution in [3.05, 3.63) is 41.5 Å². The number of esters is 1. The zero-order valence-electron chi connectivity index (χ0n) is 17.6. The van der Waals surface area contributed by atoms with Crippen LogP contribution in [0.25, 0.3) is 0 Å². The maximum Gasteiger partial charge on any atom is 0.305 e. The third-order valence-electron chi connectivity index (χ3n) is 6.23. The van der Waals surface area contributed by atoms with Gasteiger partial charge >= 0.3 is 5.97 Å². The Labute approximate surface area is 184 Å². The first-order valence-electron chi connectivity index (χ1n) is 11.1. The molecule has 0 saturated heterocycles. The van der Waals surface area contributed by atoms with E-state index in [0.717, 1.165) is 49.0 Å². The summed E-state index contributed by atoms with van der Waals surface area (Å²) in [5.74, 6) is 0.773. The smallest absolute Gasteiger partial charge is 0.305 e. The van der Waals surface area contributed by atoms with E-state index in [-0.39, 0.29) is 23.2 Å². The molecule has 2 N–H and O–H groups in total. The molecule has 1 saturated carbocycles. The molecule has 2 aliphatic rings. The molecular weight excluding hydrogens is 404 g/mol. The molecule has 1 aromatic rings. The average Bonchev–Trinajstić information content (AvgIpc) is 3.22. The monoisotopic (exact) mass is 436 g/mol. The van der Waals surface area contributed by atoms with Crippen molar-refractivity contribution in [2.75, 3.05) is 13.2 Å². The number of halogens is 1. The number of hydrogen-bond acceptors (Lipinski definition) is 5. The van der Waals surface area contributed by atoms with E-state index >= 15 is 0 Å². The van der Waals surface area contributed by atoms with Crippen LogP contribution >= 0.6 is 11.6 Å². The molecule has 0 aliphatic heterocycles. The van der Waals surface area contributed by atoms with E-state index in [0.29, 0.717) is 26.1 Å². The summed E-state index contributed by atoms with van der Waals surface area (Å²) in [6, 6.07) is 5.80. The third-order valence-corrected chi connectivity index (χ3v) is 6.74. The average molecular weight is 437 g/mol. The molecule has 0 heterocycles. The van der Waals surface area contributed by atoms with Crippen LogP contribution in [0, 0.1) is 11.8 Å². The van der Waals surface area contributed by atoms with Crippen LogP contribution in [0.15, 0.2) is 30.4 Å². The van der Waals surface area contributed by atoms with Crippen molar-refractivity contribution in [2.24, 2.45) is 11.8 Å². The molecule has 6 heteroatoms. The SMILES string of the molecule is CCOC(=O)CCC/C=C\C[C@@H]1[C@@H](COc2cccc3c2CCC3O)[C@H](O)C[C@H]1Cl. The van der Waals surface area contributed by atoms with Crippen LogP contribution in [0.1, 0.15) is 62.7 Å². The lowest BCUT2D eigenvalue weighted by Crippen LogP contribution is -2.27. The highest BCUT2D eigenvalue weighted by Gasteiger charge is 2.41. The van der Waals surface area contributed by atoms with Gasteiger partial charge in [-0.15, -0.1) is 11.6 Å². The van der Waals surface area contributed by atoms with E-state index in [1.165, 1.54) is 0 Å². The zero-order valence-corrected chi connectivity index (χ0v) is 18.4. The Bertz CT molecular complexity index is 734. The van der Waals surface area contributed by atoms with Gasteiger partial charge < -0.3 is 19.7 Å². The van der Waals surface area contributed by atoms with Crippen molar-refractivity contribution in [1.29, 1.82) is 0 Å². The fourth-order valence-corrected chi connectivity index (χ4v) is 5.05. The van der Waals surface area contributed by atoms with Gasteiger partial charge in [-0.3, -0.25) is 4.79 Å². The normalized spacial score (nSPS) is 28.1. The van der Waals surface area contributed by atoms with Gasteiger partial charge in [0.2, 0.25) is 0 Å². The second kappa shape index (κ2) is 11.2. The van der Waals surface area contributed by atoms with Crippen LogP contribution in [0.5, 0.6) is 5.75 Å². The molecule has 2 aliphatic carbocycles. The minimum atomic E-state index is -0.475. The Hall–Kier alpha value is -1.56. The summed E-state index contributed by atoms with van der Waals surface area (Å²) in [7, 11) is 0. The van der Waals surface area contributed by atoms with Crippen LogP contribution in [0.4, 0.5) is 0 Å². The number of allylic oxidation sites excluding steroid dienone is 2. The predicted octanol–water partition coefficient (Wildman–Crippen LogP) is 4.33. The van der Waals surface area contributed by atoms with Crippen LogP contribution in [-0.4, -0.2) is 40.9 Å². The number of hydrogen-bond donors (Lipinski definition) is 2. The highest BCUT2D eigenvalue weighted by Crippen LogP contribution is 2.41. The standard InChI is InChI=1S/C24H33ClO5/c1-2-29-24(28)11-6-4-3-5-8-16-19(22(27)14-20(16)25)15-30-23-10-7-9-17-18(23)12-13-21(17)26/h3,5,7,9-10,16,19-22,26-27H,2,4,6,8,11-15H2,1H3/b5-3-/t16-,19-,20-,21?,22-/m1/s1. The first kappa shape index (κ1) is 23.1. The second-order valence-electron chi connectivity index (χ2n) is 8.24. The highest BCUT2D eigenvalue weighted by molar-refractivity contribution is 6.21. The Morgan fingerprint density at radius 2 is 2.10 bits per heavy atom. The fourth-order valence-electron chi connectivity index (χ4n) is 4.58. The minimum absolute atomic E-state index is 0.0288. The summed E-state index contributed by atoms with van der Waals surface area (Å²) >= 11 is 6.54. The predicted molar refractivity (Wildman–Crippen MR) is 117 cm³/mol. The van der Waals surface area contributed by atoms with Crippen molar-refractivity contribution in [1.82, 2.24) is 0 Å². The Morgan fingerprint density at radius 3 is 2.90 bits per heavy atom. The third kappa shape index (κ3) is 5.77. The number of aliphatic hydroxyl groups excluding tert-OH is 2. The summed E-state index contributed by atoms with van der Waals surface area (Å²) in [6.45, 7) is 2.65. The summed E-state index contributed by atoms with van der Waals surface area (Å²) in [5.41, 5.74) is 2.04. The van der Waals surface area contributed by atoms with Crippen LogP contribution in [-0.2, 0) is 16.0 Å². The van der Waals surface area contributed by atoms with Gasteiger partial charge in [-0.2, -0.15) is 0 Å². The first-order chi connectivity index (χ1) is 14.5. The molecule has 1 unspecified atom stereocenters. The van der Waals surface area contributed by atoms with Crippen LogP contribution < -0.4 is 4.74 Å². The van der Waals surface area contributed by atoms with Crippen molar-refractivity contribution in [2.45, 2.75) is 69.5 Å². The van der Waals surface area contributed by atoms with Gasteiger partial charge in [0.15, 0.2) is 0 Å².